The van der Waals surface area contributed by atoms with Gasteiger partial charge in [0.1, 0.15) is 23.9 Å². The molecule has 2 aromatic carbocycles. The Morgan fingerprint density at radius 2 is 1.53 bits per heavy atom. The van der Waals surface area contributed by atoms with Crippen LogP contribution in [0.25, 0.3) is 0 Å². The minimum absolute atomic E-state index is 0.173. The highest BCUT2D eigenvalue weighted by Gasteiger charge is 2.66. The molecule has 0 radical (unpaired) electrons. The second-order valence-electron chi connectivity index (χ2n) is 8.06. The first-order valence-corrected chi connectivity index (χ1v) is 10.2. The van der Waals surface area contributed by atoms with Gasteiger partial charge in [0, 0.05) is 12.8 Å². The van der Waals surface area contributed by atoms with E-state index in [4.69, 9.17) is 14.2 Å². The van der Waals surface area contributed by atoms with Crippen LogP contribution in [0.15, 0.2) is 73.3 Å². The molecule has 1 aliphatic carbocycles. The summed E-state index contributed by atoms with van der Waals surface area (Å²) in [6.45, 7) is 5.75. The average molecular weight is 406 g/mol. The van der Waals surface area contributed by atoms with Crippen LogP contribution < -0.4 is 0 Å². The molecule has 0 bridgehead atoms. The van der Waals surface area contributed by atoms with Crippen molar-refractivity contribution in [3.05, 3.63) is 84.4 Å². The van der Waals surface area contributed by atoms with Gasteiger partial charge in [-0.05, 0) is 18.1 Å². The van der Waals surface area contributed by atoms with Gasteiger partial charge in [-0.1, -0.05) is 66.7 Å². The van der Waals surface area contributed by atoms with Crippen molar-refractivity contribution in [2.45, 2.75) is 37.8 Å². The van der Waals surface area contributed by atoms with Crippen molar-refractivity contribution >= 4 is 11.8 Å². The highest BCUT2D eigenvalue weighted by Crippen LogP contribution is 2.60. The van der Waals surface area contributed by atoms with Crippen molar-refractivity contribution in [3.8, 4) is 0 Å². The topological polar surface area (TPSA) is 61.8 Å². The van der Waals surface area contributed by atoms with E-state index in [1.807, 2.05) is 60.7 Å². The molecule has 2 aromatic rings. The van der Waals surface area contributed by atoms with E-state index in [1.54, 1.807) is 13.0 Å². The Morgan fingerprint density at radius 1 is 1.03 bits per heavy atom. The van der Waals surface area contributed by atoms with Gasteiger partial charge in [0.2, 0.25) is 0 Å². The number of Topliss-reactive ketones (excluding diaryl/α,β-unsaturated/α-hetero) is 1. The van der Waals surface area contributed by atoms with Crippen LogP contribution in [0.1, 0.15) is 43.1 Å². The molecule has 156 valence electrons. The number of carbonyl (C=O) groups excluding carboxylic acids is 2. The van der Waals surface area contributed by atoms with E-state index >= 15 is 0 Å². The number of carbonyl (C=O) groups is 2. The van der Waals surface area contributed by atoms with Crippen molar-refractivity contribution in [1.82, 2.24) is 0 Å². The second-order valence-corrected chi connectivity index (χ2v) is 8.06. The molecule has 4 rings (SSSR count). The van der Waals surface area contributed by atoms with Crippen LogP contribution in [-0.2, 0) is 23.8 Å². The SMILES string of the molecule is C=C[C@@]1(C)C(C(=O)OC)C(=O)CCC12O[C@@H](c1ccccc1)[C@H](c1ccccc1)O2. The maximum atomic E-state index is 12.8. The lowest BCUT2D eigenvalue weighted by molar-refractivity contribution is -0.259. The first-order chi connectivity index (χ1) is 14.5. The third-order valence-corrected chi connectivity index (χ3v) is 6.47. The maximum Gasteiger partial charge on any atom is 0.317 e. The zero-order valence-electron chi connectivity index (χ0n) is 17.2. The normalized spacial score (nSPS) is 30.2. The molecule has 5 nitrogen and oxygen atoms in total. The van der Waals surface area contributed by atoms with E-state index in [-0.39, 0.29) is 24.4 Å². The summed E-state index contributed by atoms with van der Waals surface area (Å²) in [4.78, 5) is 25.3. The summed E-state index contributed by atoms with van der Waals surface area (Å²) in [5.41, 5.74) is 0.869. The van der Waals surface area contributed by atoms with Gasteiger partial charge in [-0.25, -0.2) is 0 Å². The summed E-state index contributed by atoms with van der Waals surface area (Å²) >= 11 is 0. The van der Waals surface area contributed by atoms with Gasteiger partial charge in [0.15, 0.2) is 5.79 Å². The van der Waals surface area contributed by atoms with Crippen LogP contribution in [0.3, 0.4) is 0 Å². The van der Waals surface area contributed by atoms with Crippen molar-refractivity contribution in [2.24, 2.45) is 11.3 Å². The lowest BCUT2D eigenvalue weighted by atomic mass is 9.62. The molecule has 4 atom stereocenters. The highest BCUT2D eigenvalue weighted by molar-refractivity contribution is 6.01. The monoisotopic (exact) mass is 406 g/mol. The summed E-state index contributed by atoms with van der Waals surface area (Å²) in [5.74, 6) is -2.97. The zero-order chi connectivity index (χ0) is 21.4. The first kappa shape index (κ1) is 20.5. The smallest absolute Gasteiger partial charge is 0.317 e. The fourth-order valence-corrected chi connectivity index (χ4v) is 4.73. The lowest BCUT2D eigenvalue weighted by Gasteiger charge is -2.49. The van der Waals surface area contributed by atoms with E-state index in [2.05, 4.69) is 6.58 Å². The fourth-order valence-electron chi connectivity index (χ4n) is 4.73. The Bertz CT molecular complexity index is 883. The Balaban J connectivity index is 1.82. The first-order valence-electron chi connectivity index (χ1n) is 10.2. The number of ketones is 1. The predicted octanol–water partition coefficient (Wildman–Crippen LogP) is 4.56. The molecule has 1 unspecified atom stereocenters. The molecule has 1 saturated carbocycles. The molecule has 2 aliphatic rings. The van der Waals surface area contributed by atoms with Crippen molar-refractivity contribution in [2.75, 3.05) is 7.11 Å². The summed E-state index contributed by atoms with van der Waals surface area (Å²) in [5, 5.41) is 0. The second kappa shape index (κ2) is 7.82. The van der Waals surface area contributed by atoms with Gasteiger partial charge >= 0.3 is 5.97 Å². The fraction of sp³-hybridized carbons (Fsp3) is 0.360. The third kappa shape index (κ3) is 3.09. The molecule has 0 N–H and O–H groups in total. The molecule has 1 spiro atoms. The van der Waals surface area contributed by atoms with E-state index in [0.717, 1.165) is 11.1 Å². The predicted molar refractivity (Wildman–Crippen MR) is 111 cm³/mol. The largest absolute Gasteiger partial charge is 0.468 e. The van der Waals surface area contributed by atoms with E-state index in [9.17, 15) is 9.59 Å². The number of esters is 1. The minimum atomic E-state index is -1.18. The van der Waals surface area contributed by atoms with Crippen LogP contribution in [0.2, 0.25) is 0 Å². The van der Waals surface area contributed by atoms with E-state index < -0.39 is 23.1 Å². The minimum Gasteiger partial charge on any atom is -0.468 e. The standard InChI is InChI=1S/C25H26O5/c1-4-24(2)20(23(27)28-3)19(26)15-16-25(24)29-21(17-11-7-5-8-12-17)22(30-25)18-13-9-6-10-14-18/h4-14,20-22H,1,15-16H2,2-3H3/t20?,21-,22-,24-/m0/s1. The number of benzene rings is 2. The number of rotatable bonds is 4. The van der Waals surface area contributed by atoms with Crippen LogP contribution in [0, 0.1) is 11.3 Å². The van der Waals surface area contributed by atoms with Crippen molar-refractivity contribution in [3.63, 3.8) is 0 Å². The Morgan fingerprint density at radius 3 is 1.97 bits per heavy atom. The molecule has 0 amide bonds. The summed E-state index contributed by atoms with van der Waals surface area (Å²) < 4.78 is 18.3. The molecular weight excluding hydrogens is 380 g/mol. The maximum absolute atomic E-state index is 12.8. The zero-order valence-corrected chi connectivity index (χ0v) is 17.2. The molecule has 1 saturated heterocycles. The summed E-state index contributed by atoms with van der Waals surface area (Å²) in [7, 11) is 1.29. The highest BCUT2D eigenvalue weighted by atomic mass is 16.8. The Labute approximate surface area is 176 Å². The summed E-state index contributed by atoms with van der Waals surface area (Å²) in [6.07, 6.45) is 1.35. The van der Waals surface area contributed by atoms with Gasteiger partial charge in [0.25, 0.3) is 0 Å². The van der Waals surface area contributed by atoms with Crippen LogP contribution in [0.5, 0.6) is 0 Å². The third-order valence-electron chi connectivity index (χ3n) is 6.47. The van der Waals surface area contributed by atoms with Crippen LogP contribution in [-0.4, -0.2) is 24.6 Å². The molecule has 0 aromatic heterocycles. The van der Waals surface area contributed by atoms with Crippen LogP contribution in [0.4, 0.5) is 0 Å². The molecule has 2 fully saturated rings. The van der Waals surface area contributed by atoms with Crippen LogP contribution >= 0.6 is 0 Å². The molecule has 5 heteroatoms. The van der Waals surface area contributed by atoms with E-state index in [1.165, 1.54) is 7.11 Å². The van der Waals surface area contributed by atoms with Gasteiger partial charge in [-0.3, -0.25) is 9.59 Å². The van der Waals surface area contributed by atoms with Gasteiger partial charge in [-0.15, -0.1) is 6.58 Å². The van der Waals surface area contributed by atoms with E-state index in [0.29, 0.717) is 6.42 Å². The summed E-state index contributed by atoms with van der Waals surface area (Å²) in [6, 6.07) is 19.7. The quantitative estimate of drug-likeness (QED) is 0.423. The lowest BCUT2D eigenvalue weighted by Crippen LogP contribution is -2.58. The number of hydrogen-bond acceptors (Lipinski definition) is 5. The van der Waals surface area contributed by atoms with Crippen molar-refractivity contribution in [1.29, 1.82) is 0 Å². The van der Waals surface area contributed by atoms with Crippen molar-refractivity contribution < 1.29 is 23.8 Å². The van der Waals surface area contributed by atoms with Gasteiger partial charge < -0.3 is 14.2 Å². The number of hydrogen-bond donors (Lipinski definition) is 0. The average Bonchev–Trinajstić information content (AvgIpc) is 3.19. The van der Waals surface area contributed by atoms with Gasteiger partial charge in [-0.2, -0.15) is 0 Å². The number of methoxy groups -OCH3 is 1. The molecule has 1 aliphatic heterocycles. The molecule has 1 heterocycles. The Kier molecular flexibility index (Phi) is 5.35. The number of ether oxygens (including phenoxy) is 3. The molecular formula is C25H26O5. The molecule has 30 heavy (non-hydrogen) atoms. The van der Waals surface area contributed by atoms with Gasteiger partial charge in [0.05, 0.1) is 12.5 Å². The Hall–Kier alpha value is -2.76.